The average Bonchev–Trinajstić information content (AvgIpc) is 2.38. The van der Waals surface area contributed by atoms with Gasteiger partial charge in [0.2, 0.25) is 0 Å². The van der Waals surface area contributed by atoms with Crippen molar-refractivity contribution in [3.63, 3.8) is 0 Å². The van der Waals surface area contributed by atoms with Crippen molar-refractivity contribution in [2.24, 2.45) is 0 Å². The van der Waals surface area contributed by atoms with Gasteiger partial charge in [0.05, 0.1) is 12.5 Å². The van der Waals surface area contributed by atoms with Crippen LogP contribution in [0.3, 0.4) is 0 Å². The number of hydrogen-bond acceptors (Lipinski definition) is 3. The van der Waals surface area contributed by atoms with E-state index in [0.717, 1.165) is 12.1 Å². The lowest BCUT2D eigenvalue weighted by Crippen LogP contribution is -2.31. The molecule has 0 aliphatic carbocycles. The summed E-state index contributed by atoms with van der Waals surface area (Å²) in [5.41, 5.74) is 0.249. The summed E-state index contributed by atoms with van der Waals surface area (Å²) in [6, 6.07) is 6.62. The van der Waals surface area contributed by atoms with Gasteiger partial charge in [0.25, 0.3) is 5.91 Å². The van der Waals surface area contributed by atoms with Crippen LogP contribution in [0.5, 0.6) is 5.75 Å². The number of amides is 1. The molecule has 1 amide bonds. The molecule has 0 fully saturated rings. The number of benzene rings is 1. The fraction of sp³-hybridized carbons (Fsp3) is 0.385. The number of carbonyl (C=O) groups excluding carboxylic acids is 1. The number of nitrogens with zero attached hydrogens (tertiary/aromatic N) is 2. The predicted octanol–water partition coefficient (Wildman–Crippen LogP) is 2.96. The highest BCUT2D eigenvalue weighted by Crippen LogP contribution is 2.23. The molecular formula is C13H13F3N2O2. The summed E-state index contributed by atoms with van der Waals surface area (Å²) in [7, 11) is 0. The standard InChI is InChI=1S/C13H13F3N2O2/c1-2-18(9-3-8-17)12(19)10-4-6-11(7-5-10)20-13(14,15)16/h4-7H,2-3,9H2,1H3. The van der Waals surface area contributed by atoms with E-state index < -0.39 is 6.36 Å². The van der Waals surface area contributed by atoms with Gasteiger partial charge in [-0.1, -0.05) is 0 Å². The van der Waals surface area contributed by atoms with Crippen LogP contribution in [0.4, 0.5) is 13.2 Å². The van der Waals surface area contributed by atoms with Crippen molar-refractivity contribution in [3.8, 4) is 11.8 Å². The molecule has 0 N–H and O–H groups in total. The monoisotopic (exact) mass is 286 g/mol. The molecule has 0 aromatic heterocycles. The van der Waals surface area contributed by atoms with Crippen molar-refractivity contribution in [2.75, 3.05) is 13.1 Å². The molecule has 0 saturated heterocycles. The smallest absolute Gasteiger partial charge is 0.406 e. The summed E-state index contributed by atoms with van der Waals surface area (Å²) in [6.07, 6.45) is -4.55. The Morgan fingerprint density at radius 2 is 1.95 bits per heavy atom. The second-order valence-electron chi connectivity index (χ2n) is 3.87. The summed E-state index contributed by atoms with van der Waals surface area (Å²) in [5.74, 6) is -0.713. The van der Waals surface area contributed by atoms with Crippen LogP contribution < -0.4 is 4.74 Å². The molecule has 0 bridgehead atoms. The number of ether oxygens (including phenoxy) is 1. The molecule has 0 aliphatic heterocycles. The van der Waals surface area contributed by atoms with Crippen LogP contribution in [0.1, 0.15) is 23.7 Å². The van der Waals surface area contributed by atoms with Gasteiger partial charge in [-0.2, -0.15) is 5.26 Å². The second kappa shape index (κ2) is 6.80. The third-order valence-electron chi connectivity index (χ3n) is 2.50. The first kappa shape index (κ1) is 15.8. The maximum Gasteiger partial charge on any atom is 0.573 e. The van der Waals surface area contributed by atoms with Crippen LogP contribution in [-0.4, -0.2) is 30.3 Å². The van der Waals surface area contributed by atoms with Crippen molar-refractivity contribution < 1.29 is 22.7 Å². The van der Waals surface area contributed by atoms with E-state index in [1.807, 2.05) is 6.07 Å². The van der Waals surface area contributed by atoms with Gasteiger partial charge >= 0.3 is 6.36 Å². The van der Waals surface area contributed by atoms with Crippen LogP contribution in [0.2, 0.25) is 0 Å². The molecule has 0 atom stereocenters. The van der Waals surface area contributed by atoms with Crippen molar-refractivity contribution in [2.45, 2.75) is 19.7 Å². The molecule has 20 heavy (non-hydrogen) atoms. The molecule has 1 rings (SSSR count). The molecule has 0 aliphatic rings. The molecule has 1 aromatic rings. The summed E-state index contributed by atoms with van der Waals surface area (Å²) in [4.78, 5) is 13.5. The molecule has 0 heterocycles. The minimum Gasteiger partial charge on any atom is -0.406 e. The van der Waals surface area contributed by atoms with Crippen molar-refractivity contribution >= 4 is 5.91 Å². The number of rotatable bonds is 5. The number of nitriles is 1. The van der Waals surface area contributed by atoms with E-state index in [1.54, 1.807) is 6.92 Å². The largest absolute Gasteiger partial charge is 0.573 e. The van der Waals surface area contributed by atoms with Crippen LogP contribution in [0.25, 0.3) is 0 Å². The van der Waals surface area contributed by atoms with Crippen molar-refractivity contribution in [1.29, 1.82) is 5.26 Å². The summed E-state index contributed by atoms with van der Waals surface area (Å²) < 4.78 is 39.7. The van der Waals surface area contributed by atoms with Gasteiger partial charge in [-0.05, 0) is 31.2 Å². The van der Waals surface area contributed by atoms with E-state index in [0.29, 0.717) is 6.54 Å². The zero-order chi connectivity index (χ0) is 15.2. The first-order valence-electron chi connectivity index (χ1n) is 5.89. The van der Waals surface area contributed by atoms with E-state index in [2.05, 4.69) is 4.74 Å². The Morgan fingerprint density at radius 1 is 1.35 bits per heavy atom. The van der Waals surface area contributed by atoms with Gasteiger partial charge in [0.1, 0.15) is 5.75 Å². The fourth-order valence-electron chi connectivity index (χ4n) is 1.57. The molecule has 7 heteroatoms. The lowest BCUT2D eigenvalue weighted by Gasteiger charge is -2.19. The van der Waals surface area contributed by atoms with E-state index in [-0.39, 0.29) is 30.2 Å². The molecule has 0 saturated carbocycles. The number of hydrogen-bond donors (Lipinski definition) is 0. The Hall–Kier alpha value is -2.23. The van der Waals surface area contributed by atoms with Gasteiger partial charge < -0.3 is 9.64 Å². The Labute approximate surface area is 114 Å². The van der Waals surface area contributed by atoms with Crippen LogP contribution >= 0.6 is 0 Å². The highest BCUT2D eigenvalue weighted by atomic mass is 19.4. The number of halogens is 3. The van der Waals surface area contributed by atoms with Gasteiger partial charge in [0.15, 0.2) is 0 Å². The van der Waals surface area contributed by atoms with E-state index in [1.165, 1.54) is 17.0 Å². The molecule has 4 nitrogen and oxygen atoms in total. The number of alkyl halides is 3. The van der Waals surface area contributed by atoms with Crippen LogP contribution in [-0.2, 0) is 0 Å². The number of carbonyl (C=O) groups is 1. The second-order valence-corrected chi connectivity index (χ2v) is 3.87. The first-order chi connectivity index (χ1) is 9.37. The Morgan fingerprint density at radius 3 is 2.40 bits per heavy atom. The van der Waals surface area contributed by atoms with Crippen molar-refractivity contribution in [3.05, 3.63) is 29.8 Å². The van der Waals surface area contributed by atoms with Crippen LogP contribution in [0.15, 0.2) is 24.3 Å². The maximum absolute atomic E-state index is 12.0. The van der Waals surface area contributed by atoms with Crippen molar-refractivity contribution in [1.82, 2.24) is 4.90 Å². The third-order valence-corrected chi connectivity index (χ3v) is 2.50. The molecule has 1 aromatic carbocycles. The van der Waals surface area contributed by atoms with E-state index >= 15 is 0 Å². The Balaban J connectivity index is 2.77. The first-order valence-corrected chi connectivity index (χ1v) is 5.89. The highest BCUT2D eigenvalue weighted by molar-refractivity contribution is 5.94. The van der Waals surface area contributed by atoms with Gasteiger partial charge in [-0.25, -0.2) is 0 Å². The molecule has 108 valence electrons. The molecule has 0 unspecified atom stereocenters. The maximum atomic E-state index is 12.0. The molecule has 0 radical (unpaired) electrons. The topological polar surface area (TPSA) is 53.3 Å². The van der Waals surface area contributed by atoms with Crippen LogP contribution in [0, 0.1) is 11.3 Å². The normalized spacial score (nSPS) is 10.8. The summed E-state index contributed by atoms with van der Waals surface area (Å²) in [5, 5.41) is 8.50. The zero-order valence-electron chi connectivity index (χ0n) is 10.8. The average molecular weight is 286 g/mol. The lowest BCUT2D eigenvalue weighted by molar-refractivity contribution is -0.274. The fourth-order valence-corrected chi connectivity index (χ4v) is 1.57. The lowest BCUT2D eigenvalue weighted by atomic mass is 10.2. The summed E-state index contributed by atoms with van der Waals surface area (Å²) in [6.45, 7) is 2.46. The van der Waals surface area contributed by atoms with Gasteiger partial charge in [-0.3, -0.25) is 4.79 Å². The quantitative estimate of drug-likeness (QED) is 0.836. The van der Waals surface area contributed by atoms with E-state index in [9.17, 15) is 18.0 Å². The Kier molecular flexibility index (Phi) is 5.38. The predicted molar refractivity (Wildman–Crippen MR) is 64.9 cm³/mol. The molecule has 0 spiro atoms. The SMILES string of the molecule is CCN(CCC#N)C(=O)c1ccc(OC(F)(F)F)cc1. The highest BCUT2D eigenvalue weighted by Gasteiger charge is 2.31. The minimum atomic E-state index is -4.76. The molecular weight excluding hydrogens is 273 g/mol. The minimum absolute atomic E-state index is 0.203. The summed E-state index contributed by atoms with van der Waals surface area (Å²) >= 11 is 0. The Bertz CT molecular complexity index is 492. The van der Waals surface area contributed by atoms with Gasteiger partial charge in [-0.15, -0.1) is 13.2 Å². The van der Waals surface area contributed by atoms with Gasteiger partial charge in [0, 0.05) is 18.7 Å². The third kappa shape index (κ3) is 4.80. The zero-order valence-corrected chi connectivity index (χ0v) is 10.8. The van der Waals surface area contributed by atoms with E-state index in [4.69, 9.17) is 5.26 Å².